The Morgan fingerprint density at radius 3 is 2.86 bits per heavy atom. The SMILES string of the molecule is Brc1cccc(-c2noc(CN3CC4CNCC4C3)n2)c1. The molecule has 5 nitrogen and oxygen atoms in total. The maximum absolute atomic E-state index is 5.41. The Morgan fingerprint density at radius 2 is 2.10 bits per heavy atom. The minimum atomic E-state index is 0.660. The van der Waals surface area contributed by atoms with Gasteiger partial charge in [0.15, 0.2) is 0 Å². The number of benzene rings is 1. The fraction of sp³-hybridized carbons (Fsp3) is 0.467. The van der Waals surface area contributed by atoms with Crippen molar-refractivity contribution in [2.75, 3.05) is 26.2 Å². The lowest BCUT2D eigenvalue weighted by atomic mass is 10.0. The Hall–Kier alpha value is -1.24. The molecular weight excluding hydrogens is 332 g/mol. The molecule has 2 atom stereocenters. The quantitative estimate of drug-likeness (QED) is 0.920. The van der Waals surface area contributed by atoms with Crippen LogP contribution < -0.4 is 5.32 Å². The minimum absolute atomic E-state index is 0.660. The van der Waals surface area contributed by atoms with Crippen molar-refractivity contribution in [3.8, 4) is 11.4 Å². The molecule has 3 heterocycles. The highest BCUT2D eigenvalue weighted by Crippen LogP contribution is 2.27. The second-order valence-corrected chi connectivity index (χ2v) is 6.81. The standard InChI is InChI=1S/C15H17BrN4O/c16-13-3-1-2-10(4-13)15-18-14(21-19-15)9-20-7-11-5-17-6-12(11)8-20/h1-4,11-12,17H,5-9H2. The van der Waals surface area contributed by atoms with Crippen LogP contribution in [0.3, 0.4) is 0 Å². The first-order valence-corrected chi connectivity index (χ1v) is 8.09. The zero-order chi connectivity index (χ0) is 14.2. The van der Waals surface area contributed by atoms with E-state index >= 15 is 0 Å². The number of rotatable bonds is 3. The summed E-state index contributed by atoms with van der Waals surface area (Å²) in [5.41, 5.74) is 0.974. The molecule has 0 aliphatic carbocycles. The van der Waals surface area contributed by atoms with Crippen LogP contribution in [0.5, 0.6) is 0 Å². The van der Waals surface area contributed by atoms with E-state index in [2.05, 4.69) is 36.3 Å². The van der Waals surface area contributed by atoms with E-state index in [1.807, 2.05) is 24.3 Å². The fourth-order valence-corrected chi connectivity index (χ4v) is 3.74. The molecule has 110 valence electrons. The van der Waals surface area contributed by atoms with Crippen molar-refractivity contribution in [2.45, 2.75) is 6.54 Å². The van der Waals surface area contributed by atoms with Gasteiger partial charge in [0.2, 0.25) is 11.7 Å². The van der Waals surface area contributed by atoms with Gasteiger partial charge in [-0.05, 0) is 37.1 Å². The normalized spacial score (nSPS) is 25.4. The highest BCUT2D eigenvalue weighted by Gasteiger charge is 2.36. The molecule has 2 aliphatic heterocycles. The van der Waals surface area contributed by atoms with Crippen LogP contribution >= 0.6 is 15.9 Å². The molecule has 2 aromatic rings. The monoisotopic (exact) mass is 348 g/mol. The van der Waals surface area contributed by atoms with Gasteiger partial charge in [-0.3, -0.25) is 4.90 Å². The lowest BCUT2D eigenvalue weighted by molar-refractivity contribution is 0.253. The smallest absolute Gasteiger partial charge is 0.241 e. The van der Waals surface area contributed by atoms with Crippen LogP contribution in [0, 0.1) is 11.8 Å². The zero-order valence-corrected chi connectivity index (χ0v) is 13.2. The summed E-state index contributed by atoms with van der Waals surface area (Å²) in [6.07, 6.45) is 0. The van der Waals surface area contributed by atoms with E-state index in [9.17, 15) is 0 Å². The molecule has 2 unspecified atom stereocenters. The van der Waals surface area contributed by atoms with Crippen molar-refractivity contribution in [1.29, 1.82) is 0 Å². The molecule has 1 aromatic carbocycles. The first-order chi connectivity index (χ1) is 10.3. The summed E-state index contributed by atoms with van der Waals surface area (Å²) < 4.78 is 6.43. The van der Waals surface area contributed by atoms with Crippen molar-refractivity contribution in [2.24, 2.45) is 11.8 Å². The lowest BCUT2D eigenvalue weighted by Gasteiger charge is -2.13. The van der Waals surface area contributed by atoms with E-state index in [0.29, 0.717) is 11.7 Å². The van der Waals surface area contributed by atoms with Crippen LogP contribution in [-0.2, 0) is 6.54 Å². The molecule has 0 bridgehead atoms. The van der Waals surface area contributed by atoms with Crippen molar-refractivity contribution in [3.05, 3.63) is 34.6 Å². The summed E-state index contributed by atoms with van der Waals surface area (Å²) in [4.78, 5) is 6.95. The number of fused-ring (bicyclic) bond motifs is 1. The molecule has 21 heavy (non-hydrogen) atoms. The first-order valence-electron chi connectivity index (χ1n) is 7.29. The summed E-state index contributed by atoms with van der Waals surface area (Å²) >= 11 is 3.46. The number of nitrogens with zero attached hydrogens (tertiary/aromatic N) is 3. The van der Waals surface area contributed by atoms with Crippen LogP contribution in [0.1, 0.15) is 5.89 Å². The molecule has 2 aliphatic rings. The third-order valence-corrected chi connectivity index (χ3v) is 4.87. The molecule has 2 fully saturated rings. The molecule has 1 aromatic heterocycles. The Bertz CT molecular complexity index is 632. The first kappa shape index (κ1) is 13.4. The van der Waals surface area contributed by atoms with E-state index < -0.39 is 0 Å². The Kier molecular flexibility index (Phi) is 3.52. The molecule has 0 radical (unpaired) electrons. The molecule has 2 saturated heterocycles. The lowest BCUT2D eigenvalue weighted by Crippen LogP contribution is -2.25. The van der Waals surface area contributed by atoms with Crippen molar-refractivity contribution < 1.29 is 4.52 Å². The largest absolute Gasteiger partial charge is 0.338 e. The molecule has 0 saturated carbocycles. The summed E-state index contributed by atoms with van der Waals surface area (Å²) in [7, 11) is 0. The van der Waals surface area contributed by atoms with Gasteiger partial charge in [-0.2, -0.15) is 4.98 Å². The van der Waals surface area contributed by atoms with Gasteiger partial charge in [-0.15, -0.1) is 0 Å². The van der Waals surface area contributed by atoms with E-state index in [1.165, 1.54) is 0 Å². The third-order valence-electron chi connectivity index (χ3n) is 4.37. The van der Waals surface area contributed by atoms with Gasteiger partial charge in [0, 0.05) is 23.1 Å². The highest BCUT2D eigenvalue weighted by molar-refractivity contribution is 9.10. The minimum Gasteiger partial charge on any atom is -0.338 e. The second kappa shape index (κ2) is 5.51. The van der Waals surface area contributed by atoms with Crippen LogP contribution in [0.4, 0.5) is 0 Å². The van der Waals surface area contributed by atoms with Crippen LogP contribution in [0.15, 0.2) is 33.3 Å². The molecule has 1 N–H and O–H groups in total. The van der Waals surface area contributed by atoms with Gasteiger partial charge >= 0.3 is 0 Å². The highest BCUT2D eigenvalue weighted by atomic mass is 79.9. The average molecular weight is 349 g/mol. The van der Waals surface area contributed by atoms with Crippen molar-refractivity contribution in [3.63, 3.8) is 0 Å². The fourth-order valence-electron chi connectivity index (χ4n) is 3.34. The van der Waals surface area contributed by atoms with Gasteiger partial charge in [0.05, 0.1) is 6.54 Å². The average Bonchev–Trinajstić information content (AvgIpc) is 3.14. The van der Waals surface area contributed by atoms with Crippen molar-refractivity contribution in [1.82, 2.24) is 20.4 Å². The maximum atomic E-state index is 5.41. The van der Waals surface area contributed by atoms with Crippen molar-refractivity contribution >= 4 is 15.9 Å². The Balaban J connectivity index is 1.45. The maximum Gasteiger partial charge on any atom is 0.241 e. The van der Waals surface area contributed by atoms with Crippen LogP contribution in [-0.4, -0.2) is 41.2 Å². The molecule has 4 rings (SSSR count). The number of likely N-dealkylation sites (tertiary alicyclic amines) is 1. The Labute approximate surface area is 131 Å². The van der Waals surface area contributed by atoms with Gasteiger partial charge < -0.3 is 9.84 Å². The summed E-state index contributed by atoms with van der Waals surface area (Å²) in [5, 5.41) is 7.55. The van der Waals surface area contributed by atoms with E-state index in [4.69, 9.17) is 4.52 Å². The summed E-state index contributed by atoms with van der Waals surface area (Å²) in [6.45, 7) is 5.31. The number of hydrogen-bond donors (Lipinski definition) is 1. The van der Waals surface area contributed by atoms with E-state index in [0.717, 1.165) is 54.6 Å². The van der Waals surface area contributed by atoms with Gasteiger partial charge in [0.25, 0.3) is 0 Å². The molecule has 6 heteroatoms. The predicted molar refractivity (Wildman–Crippen MR) is 82.6 cm³/mol. The number of aromatic nitrogens is 2. The second-order valence-electron chi connectivity index (χ2n) is 5.89. The van der Waals surface area contributed by atoms with Crippen LogP contribution in [0.2, 0.25) is 0 Å². The number of nitrogens with one attached hydrogen (secondary N) is 1. The molecular formula is C15H17BrN4O. The zero-order valence-electron chi connectivity index (χ0n) is 11.6. The predicted octanol–water partition coefficient (Wildman–Crippen LogP) is 2.15. The van der Waals surface area contributed by atoms with Gasteiger partial charge in [-0.25, -0.2) is 0 Å². The topological polar surface area (TPSA) is 54.2 Å². The Morgan fingerprint density at radius 1 is 1.29 bits per heavy atom. The summed E-state index contributed by atoms with van der Waals surface area (Å²) in [6, 6.07) is 7.96. The van der Waals surface area contributed by atoms with E-state index in [1.54, 1.807) is 0 Å². The van der Waals surface area contributed by atoms with Gasteiger partial charge in [-0.1, -0.05) is 33.2 Å². The summed E-state index contributed by atoms with van der Waals surface area (Å²) in [5.74, 6) is 2.94. The number of hydrogen-bond acceptors (Lipinski definition) is 5. The molecule has 0 amide bonds. The van der Waals surface area contributed by atoms with Gasteiger partial charge in [0.1, 0.15) is 0 Å². The third kappa shape index (κ3) is 2.75. The molecule has 0 spiro atoms. The number of halogens is 1. The van der Waals surface area contributed by atoms with Crippen LogP contribution in [0.25, 0.3) is 11.4 Å². The van der Waals surface area contributed by atoms with E-state index in [-0.39, 0.29) is 0 Å².